The molecule has 0 spiro atoms. The number of ether oxygens (including phenoxy) is 2. The molecule has 1 aromatic heterocycles. The summed E-state index contributed by atoms with van der Waals surface area (Å²) in [7, 11) is 1.74. The van der Waals surface area contributed by atoms with Crippen LogP contribution in [-0.4, -0.2) is 50.4 Å². The number of hydrogen-bond acceptors (Lipinski definition) is 4. The maximum absolute atomic E-state index is 11.8. The minimum Gasteiger partial charge on any atom is -0.467 e. The summed E-state index contributed by atoms with van der Waals surface area (Å²) in [5.74, 6) is 0.771. The Labute approximate surface area is 125 Å². The lowest BCUT2D eigenvalue weighted by Gasteiger charge is -2.16. The van der Waals surface area contributed by atoms with Crippen LogP contribution in [0.5, 0.6) is 0 Å². The Morgan fingerprint density at radius 3 is 3.19 bits per heavy atom. The number of amides is 2. The molecule has 2 rings (SSSR count). The van der Waals surface area contributed by atoms with Crippen LogP contribution < -0.4 is 5.32 Å². The van der Waals surface area contributed by atoms with Crippen molar-refractivity contribution >= 4 is 6.03 Å². The molecule has 2 amide bonds. The standard InChI is InChI=1S/C15H24N2O4/c1-17(11-13-5-2-9-20-13)15(18)16-7-4-8-19-12-14-6-3-10-21-14/h2,5,9,14H,3-4,6-8,10-12H2,1H3,(H,16,18). The topological polar surface area (TPSA) is 63.9 Å². The van der Waals surface area contributed by atoms with Crippen LogP contribution in [0.2, 0.25) is 0 Å². The first kappa shape index (κ1) is 15.9. The van der Waals surface area contributed by atoms with Crippen molar-refractivity contribution in [3.05, 3.63) is 24.2 Å². The number of carbonyl (C=O) groups is 1. The average molecular weight is 296 g/mol. The van der Waals surface area contributed by atoms with E-state index in [4.69, 9.17) is 13.9 Å². The van der Waals surface area contributed by atoms with Crippen LogP contribution >= 0.6 is 0 Å². The zero-order chi connectivity index (χ0) is 14.9. The molecule has 0 bridgehead atoms. The van der Waals surface area contributed by atoms with Crippen molar-refractivity contribution in [1.29, 1.82) is 0 Å². The molecule has 0 aromatic carbocycles. The molecule has 1 fully saturated rings. The molecule has 6 nitrogen and oxygen atoms in total. The first-order chi connectivity index (χ1) is 10.3. The lowest BCUT2D eigenvalue weighted by Crippen LogP contribution is -2.37. The number of rotatable bonds is 8. The third-order valence-corrected chi connectivity index (χ3v) is 3.39. The number of carbonyl (C=O) groups excluding carboxylic acids is 1. The molecule has 6 heteroatoms. The van der Waals surface area contributed by atoms with E-state index in [1.165, 1.54) is 0 Å². The predicted octanol–water partition coefficient (Wildman–Crippen LogP) is 2.01. The minimum absolute atomic E-state index is 0.106. The molecule has 2 heterocycles. The van der Waals surface area contributed by atoms with Gasteiger partial charge >= 0.3 is 6.03 Å². The van der Waals surface area contributed by atoms with Gasteiger partial charge in [-0.1, -0.05) is 0 Å². The summed E-state index contributed by atoms with van der Waals surface area (Å²) in [6, 6.07) is 3.56. The fourth-order valence-electron chi connectivity index (χ4n) is 2.20. The Bertz CT molecular complexity index is 402. The molecule has 0 radical (unpaired) electrons. The number of nitrogens with one attached hydrogen (secondary N) is 1. The zero-order valence-corrected chi connectivity index (χ0v) is 12.5. The van der Waals surface area contributed by atoms with E-state index in [0.29, 0.717) is 26.3 Å². The molecule has 1 atom stereocenters. The number of hydrogen-bond donors (Lipinski definition) is 1. The van der Waals surface area contributed by atoms with Gasteiger partial charge in [-0.15, -0.1) is 0 Å². The van der Waals surface area contributed by atoms with E-state index in [9.17, 15) is 4.79 Å². The van der Waals surface area contributed by atoms with Crippen molar-refractivity contribution in [2.75, 3.05) is 33.4 Å². The lowest BCUT2D eigenvalue weighted by molar-refractivity contribution is 0.0167. The summed E-state index contributed by atoms with van der Waals surface area (Å²) < 4.78 is 16.2. The van der Waals surface area contributed by atoms with E-state index < -0.39 is 0 Å². The van der Waals surface area contributed by atoms with Gasteiger partial charge in [0.05, 0.1) is 25.5 Å². The Morgan fingerprint density at radius 1 is 1.57 bits per heavy atom. The summed E-state index contributed by atoms with van der Waals surface area (Å²) in [5.41, 5.74) is 0. The molecule has 1 N–H and O–H groups in total. The maximum Gasteiger partial charge on any atom is 0.317 e. The molecule has 118 valence electrons. The van der Waals surface area contributed by atoms with E-state index >= 15 is 0 Å². The van der Waals surface area contributed by atoms with Gasteiger partial charge in [0.1, 0.15) is 5.76 Å². The summed E-state index contributed by atoms with van der Waals surface area (Å²) in [5, 5.41) is 2.86. The van der Waals surface area contributed by atoms with Gasteiger partial charge in [0.15, 0.2) is 0 Å². The first-order valence-corrected chi connectivity index (χ1v) is 7.46. The smallest absolute Gasteiger partial charge is 0.317 e. The molecule has 1 aliphatic rings. The van der Waals surface area contributed by atoms with Crippen molar-refractivity contribution in [2.24, 2.45) is 0 Å². The van der Waals surface area contributed by atoms with Gasteiger partial charge in [0.2, 0.25) is 0 Å². The highest BCUT2D eigenvalue weighted by Gasteiger charge is 2.15. The summed E-state index contributed by atoms with van der Waals surface area (Å²) >= 11 is 0. The normalized spacial score (nSPS) is 17.9. The number of nitrogens with zero attached hydrogens (tertiary/aromatic N) is 1. The first-order valence-electron chi connectivity index (χ1n) is 7.46. The number of furan rings is 1. The van der Waals surface area contributed by atoms with E-state index in [2.05, 4.69) is 5.32 Å². The van der Waals surface area contributed by atoms with E-state index in [-0.39, 0.29) is 12.1 Å². The van der Waals surface area contributed by atoms with Crippen molar-refractivity contribution < 1.29 is 18.7 Å². The number of urea groups is 1. The van der Waals surface area contributed by atoms with E-state index in [1.54, 1.807) is 18.2 Å². The molecule has 0 aliphatic carbocycles. The van der Waals surface area contributed by atoms with Crippen LogP contribution in [0.3, 0.4) is 0 Å². The van der Waals surface area contributed by atoms with E-state index in [1.807, 2.05) is 12.1 Å². The third kappa shape index (κ3) is 5.77. The zero-order valence-electron chi connectivity index (χ0n) is 12.5. The third-order valence-electron chi connectivity index (χ3n) is 3.39. The monoisotopic (exact) mass is 296 g/mol. The van der Waals surface area contributed by atoms with Gasteiger partial charge in [0.25, 0.3) is 0 Å². The Morgan fingerprint density at radius 2 is 2.48 bits per heavy atom. The Kier molecular flexibility index (Phi) is 6.56. The molecule has 1 aliphatic heterocycles. The molecule has 1 aromatic rings. The predicted molar refractivity (Wildman–Crippen MR) is 78.0 cm³/mol. The molecule has 0 saturated carbocycles. The summed E-state index contributed by atoms with van der Waals surface area (Å²) in [4.78, 5) is 13.4. The molecule has 1 unspecified atom stereocenters. The highest BCUT2D eigenvalue weighted by molar-refractivity contribution is 5.73. The van der Waals surface area contributed by atoms with Crippen molar-refractivity contribution in [1.82, 2.24) is 10.2 Å². The van der Waals surface area contributed by atoms with Crippen LogP contribution in [0, 0.1) is 0 Å². The quantitative estimate of drug-likeness (QED) is 0.745. The molecular weight excluding hydrogens is 272 g/mol. The van der Waals surface area contributed by atoms with Crippen LogP contribution in [0.25, 0.3) is 0 Å². The van der Waals surface area contributed by atoms with Gasteiger partial charge < -0.3 is 24.1 Å². The Balaban J connectivity index is 1.48. The van der Waals surface area contributed by atoms with Gasteiger partial charge in [-0.3, -0.25) is 0 Å². The fourth-order valence-corrected chi connectivity index (χ4v) is 2.20. The second kappa shape index (κ2) is 8.69. The molecule has 1 saturated heterocycles. The van der Waals surface area contributed by atoms with Crippen LogP contribution in [0.4, 0.5) is 4.79 Å². The Hall–Kier alpha value is -1.53. The van der Waals surface area contributed by atoms with Gasteiger partial charge in [0, 0.05) is 26.8 Å². The van der Waals surface area contributed by atoms with Crippen molar-refractivity contribution in [2.45, 2.75) is 31.9 Å². The second-order valence-corrected chi connectivity index (χ2v) is 5.23. The van der Waals surface area contributed by atoms with Gasteiger partial charge in [-0.2, -0.15) is 0 Å². The SMILES string of the molecule is CN(Cc1ccco1)C(=O)NCCCOCC1CCCO1. The maximum atomic E-state index is 11.8. The molecule has 21 heavy (non-hydrogen) atoms. The summed E-state index contributed by atoms with van der Waals surface area (Å²) in [6.45, 7) is 3.22. The van der Waals surface area contributed by atoms with Crippen molar-refractivity contribution in [3.8, 4) is 0 Å². The van der Waals surface area contributed by atoms with Crippen LogP contribution in [0.1, 0.15) is 25.0 Å². The highest BCUT2D eigenvalue weighted by atomic mass is 16.5. The van der Waals surface area contributed by atoms with Crippen LogP contribution in [-0.2, 0) is 16.0 Å². The summed E-state index contributed by atoms with van der Waals surface area (Å²) in [6.07, 6.45) is 4.89. The lowest BCUT2D eigenvalue weighted by atomic mass is 10.2. The molecular formula is C15H24N2O4. The van der Waals surface area contributed by atoms with Crippen LogP contribution in [0.15, 0.2) is 22.8 Å². The fraction of sp³-hybridized carbons (Fsp3) is 0.667. The van der Waals surface area contributed by atoms with Gasteiger partial charge in [-0.05, 0) is 31.4 Å². The average Bonchev–Trinajstić information content (AvgIpc) is 3.15. The highest BCUT2D eigenvalue weighted by Crippen LogP contribution is 2.11. The van der Waals surface area contributed by atoms with Gasteiger partial charge in [-0.25, -0.2) is 4.79 Å². The van der Waals surface area contributed by atoms with E-state index in [0.717, 1.165) is 31.6 Å². The largest absolute Gasteiger partial charge is 0.467 e. The minimum atomic E-state index is -0.106. The van der Waals surface area contributed by atoms with Crippen molar-refractivity contribution in [3.63, 3.8) is 0 Å². The second-order valence-electron chi connectivity index (χ2n) is 5.23.